The van der Waals surface area contributed by atoms with Gasteiger partial charge in [-0.1, -0.05) is 6.92 Å². The Bertz CT molecular complexity index is 345. The first-order chi connectivity index (χ1) is 8.49. The fourth-order valence-electron chi connectivity index (χ4n) is 2.68. The smallest absolute Gasteiger partial charge is 0.319 e. The third kappa shape index (κ3) is 2.94. The van der Waals surface area contributed by atoms with Crippen molar-refractivity contribution in [2.45, 2.75) is 26.2 Å². The second-order valence-electron chi connectivity index (χ2n) is 5.76. The van der Waals surface area contributed by atoms with Crippen molar-refractivity contribution in [2.75, 3.05) is 26.7 Å². The second-order valence-corrected chi connectivity index (χ2v) is 5.76. The molecule has 1 saturated carbocycles. The van der Waals surface area contributed by atoms with Gasteiger partial charge in [0.2, 0.25) is 0 Å². The van der Waals surface area contributed by atoms with Gasteiger partial charge in [0.05, 0.1) is 5.92 Å². The summed E-state index contributed by atoms with van der Waals surface area (Å²) in [5.41, 5.74) is 0. The molecule has 2 unspecified atom stereocenters. The summed E-state index contributed by atoms with van der Waals surface area (Å²) in [4.78, 5) is 26.6. The van der Waals surface area contributed by atoms with Crippen LogP contribution in [0.15, 0.2) is 0 Å². The van der Waals surface area contributed by atoms with Crippen LogP contribution in [0.4, 0.5) is 4.79 Å². The molecule has 1 heterocycles. The minimum absolute atomic E-state index is 0.0138. The molecule has 2 fully saturated rings. The monoisotopic (exact) mass is 254 g/mol. The Morgan fingerprint density at radius 1 is 1.44 bits per heavy atom. The molecular formula is C13H22N2O3. The molecular weight excluding hydrogens is 232 g/mol. The average Bonchev–Trinajstić information content (AvgIpc) is 3.04. The second kappa shape index (κ2) is 5.16. The van der Waals surface area contributed by atoms with Crippen LogP contribution in [-0.4, -0.2) is 53.6 Å². The normalized spacial score (nSPS) is 31.0. The maximum Gasteiger partial charge on any atom is 0.319 e. The van der Waals surface area contributed by atoms with E-state index in [0.717, 1.165) is 18.9 Å². The number of carboxylic acid groups (broad SMARTS) is 1. The zero-order valence-electron chi connectivity index (χ0n) is 11.1. The highest BCUT2D eigenvalue weighted by molar-refractivity contribution is 5.76. The zero-order chi connectivity index (χ0) is 13.3. The van der Waals surface area contributed by atoms with E-state index in [2.05, 4.69) is 6.92 Å². The molecule has 0 bridgehead atoms. The van der Waals surface area contributed by atoms with Crippen molar-refractivity contribution >= 4 is 12.0 Å². The van der Waals surface area contributed by atoms with Crippen molar-refractivity contribution in [3.05, 3.63) is 0 Å². The molecule has 2 amide bonds. The molecule has 1 aliphatic carbocycles. The van der Waals surface area contributed by atoms with E-state index in [1.807, 2.05) is 7.05 Å². The van der Waals surface area contributed by atoms with Crippen LogP contribution >= 0.6 is 0 Å². The van der Waals surface area contributed by atoms with Crippen molar-refractivity contribution in [2.24, 2.45) is 17.8 Å². The predicted molar refractivity (Wildman–Crippen MR) is 67.2 cm³/mol. The van der Waals surface area contributed by atoms with Crippen LogP contribution in [0.25, 0.3) is 0 Å². The summed E-state index contributed by atoms with van der Waals surface area (Å²) in [6.07, 6.45) is 2.67. The Morgan fingerprint density at radius 3 is 2.67 bits per heavy atom. The van der Waals surface area contributed by atoms with E-state index >= 15 is 0 Å². The molecule has 0 aromatic carbocycles. The largest absolute Gasteiger partial charge is 0.481 e. The zero-order valence-corrected chi connectivity index (χ0v) is 11.1. The summed E-state index contributed by atoms with van der Waals surface area (Å²) < 4.78 is 0. The number of carbonyl (C=O) groups is 2. The van der Waals surface area contributed by atoms with Gasteiger partial charge in [-0.25, -0.2) is 4.79 Å². The number of piperidine rings is 1. The van der Waals surface area contributed by atoms with E-state index in [1.165, 1.54) is 6.42 Å². The number of carbonyl (C=O) groups excluding carboxylic acids is 1. The number of likely N-dealkylation sites (tertiary alicyclic amines) is 1. The summed E-state index contributed by atoms with van der Waals surface area (Å²) in [6.45, 7) is 4.05. The van der Waals surface area contributed by atoms with Crippen molar-refractivity contribution < 1.29 is 14.7 Å². The number of nitrogens with zero attached hydrogens (tertiary/aromatic N) is 2. The van der Waals surface area contributed by atoms with E-state index < -0.39 is 11.9 Å². The van der Waals surface area contributed by atoms with Gasteiger partial charge >= 0.3 is 12.0 Å². The molecule has 102 valence electrons. The standard InChI is InChI=1S/C13H22N2O3/c1-9-6-11(9)7-14(2)13(18)15-5-3-4-10(8-15)12(16)17/h9-11H,3-8H2,1-2H3,(H,16,17)/t9?,10-,11?/m0/s1. The van der Waals surface area contributed by atoms with Crippen LogP contribution in [0.2, 0.25) is 0 Å². The van der Waals surface area contributed by atoms with E-state index in [4.69, 9.17) is 5.11 Å². The van der Waals surface area contributed by atoms with Gasteiger partial charge in [0.1, 0.15) is 0 Å². The molecule has 5 heteroatoms. The molecule has 0 spiro atoms. The molecule has 2 rings (SSSR count). The highest BCUT2D eigenvalue weighted by Crippen LogP contribution is 2.38. The molecule has 3 atom stereocenters. The quantitative estimate of drug-likeness (QED) is 0.830. The average molecular weight is 254 g/mol. The number of urea groups is 1. The summed E-state index contributed by atoms with van der Waals surface area (Å²) in [5.74, 6) is 0.189. The molecule has 18 heavy (non-hydrogen) atoms. The number of hydrogen-bond donors (Lipinski definition) is 1. The van der Waals surface area contributed by atoms with Gasteiger partial charge in [-0.3, -0.25) is 4.79 Å². The molecule has 0 aromatic heterocycles. The van der Waals surface area contributed by atoms with Crippen molar-refractivity contribution in [3.63, 3.8) is 0 Å². The van der Waals surface area contributed by atoms with Crippen LogP contribution in [0.3, 0.4) is 0 Å². The SMILES string of the molecule is CC1CC1CN(C)C(=O)N1CCC[C@H](C(=O)O)C1. The van der Waals surface area contributed by atoms with Gasteiger partial charge in [0.15, 0.2) is 0 Å². The summed E-state index contributed by atoms with van der Waals surface area (Å²) in [7, 11) is 1.82. The first-order valence-electron chi connectivity index (χ1n) is 6.72. The number of carboxylic acids is 1. The highest BCUT2D eigenvalue weighted by Gasteiger charge is 2.36. The van der Waals surface area contributed by atoms with Gasteiger partial charge in [-0.15, -0.1) is 0 Å². The number of hydrogen-bond acceptors (Lipinski definition) is 2. The van der Waals surface area contributed by atoms with Gasteiger partial charge in [0.25, 0.3) is 0 Å². The molecule has 1 saturated heterocycles. The lowest BCUT2D eigenvalue weighted by Crippen LogP contribution is -2.48. The van der Waals surface area contributed by atoms with E-state index in [1.54, 1.807) is 9.80 Å². The van der Waals surface area contributed by atoms with Crippen LogP contribution in [-0.2, 0) is 4.79 Å². The predicted octanol–water partition coefficient (Wildman–Crippen LogP) is 1.49. The van der Waals surface area contributed by atoms with Crippen molar-refractivity contribution in [3.8, 4) is 0 Å². The Hall–Kier alpha value is -1.26. The van der Waals surface area contributed by atoms with Crippen LogP contribution < -0.4 is 0 Å². The fraction of sp³-hybridized carbons (Fsp3) is 0.846. The van der Waals surface area contributed by atoms with Crippen molar-refractivity contribution in [1.29, 1.82) is 0 Å². The molecule has 5 nitrogen and oxygen atoms in total. The third-order valence-electron chi connectivity index (χ3n) is 4.15. The summed E-state index contributed by atoms with van der Waals surface area (Å²) in [5, 5.41) is 9.01. The van der Waals surface area contributed by atoms with Crippen LogP contribution in [0.1, 0.15) is 26.2 Å². The first-order valence-corrected chi connectivity index (χ1v) is 6.72. The molecule has 0 radical (unpaired) electrons. The third-order valence-corrected chi connectivity index (χ3v) is 4.15. The molecule has 0 aromatic rings. The molecule has 1 N–H and O–H groups in total. The van der Waals surface area contributed by atoms with Gasteiger partial charge < -0.3 is 14.9 Å². The van der Waals surface area contributed by atoms with E-state index in [-0.39, 0.29) is 6.03 Å². The van der Waals surface area contributed by atoms with Crippen LogP contribution in [0, 0.1) is 17.8 Å². The number of rotatable bonds is 3. The Kier molecular flexibility index (Phi) is 3.78. The van der Waals surface area contributed by atoms with Gasteiger partial charge in [-0.05, 0) is 31.1 Å². The first kappa shape index (κ1) is 13.2. The molecule has 1 aliphatic heterocycles. The summed E-state index contributed by atoms with van der Waals surface area (Å²) >= 11 is 0. The Labute approximate surface area is 108 Å². The van der Waals surface area contributed by atoms with Gasteiger partial charge in [0, 0.05) is 26.7 Å². The maximum absolute atomic E-state index is 12.2. The highest BCUT2D eigenvalue weighted by atomic mass is 16.4. The van der Waals surface area contributed by atoms with E-state index in [0.29, 0.717) is 25.4 Å². The fourth-order valence-corrected chi connectivity index (χ4v) is 2.68. The van der Waals surface area contributed by atoms with Gasteiger partial charge in [-0.2, -0.15) is 0 Å². The molecule has 2 aliphatic rings. The lowest BCUT2D eigenvalue weighted by Gasteiger charge is -2.33. The van der Waals surface area contributed by atoms with Crippen LogP contribution in [0.5, 0.6) is 0 Å². The Morgan fingerprint density at radius 2 is 2.11 bits per heavy atom. The minimum Gasteiger partial charge on any atom is -0.481 e. The summed E-state index contributed by atoms with van der Waals surface area (Å²) in [6, 6.07) is -0.0138. The van der Waals surface area contributed by atoms with E-state index in [9.17, 15) is 9.59 Å². The number of amides is 2. The topological polar surface area (TPSA) is 60.9 Å². The lowest BCUT2D eigenvalue weighted by atomic mass is 9.99. The minimum atomic E-state index is -0.786. The lowest BCUT2D eigenvalue weighted by molar-refractivity contribution is -0.143. The number of aliphatic carboxylic acids is 1. The Balaban J connectivity index is 1.85. The maximum atomic E-state index is 12.2. The van der Waals surface area contributed by atoms with Crippen molar-refractivity contribution in [1.82, 2.24) is 9.80 Å².